The molecular weight excluding hydrogens is 270 g/mol. The lowest BCUT2D eigenvalue weighted by Crippen LogP contribution is -2.27. The highest BCUT2D eigenvalue weighted by Crippen LogP contribution is 2.07. The zero-order valence-electron chi connectivity index (χ0n) is 11.0. The van der Waals surface area contributed by atoms with Crippen LogP contribution in [-0.2, 0) is 13.1 Å². The van der Waals surface area contributed by atoms with Crippen LogP contribution in [-0.4, -0.2) is 16.1 Å². The van der Waals surface area contributed by atoms with Crippen LogP contribution in [0.25, 0.3) is 10.9 Å². The molecule has 2 aromatic heterocycles. The van der Waals surface area contributed by atoms with Crippen molar-refractivity contribution in [1.29, 1.82) is 0 Å². The van der Waals surface area contributed by atoms with Gasteiger partial charge in [0, 0.05) is 24.5 Å². The predicted molar refractivity (Wildman–Crippen MR) is 82.0 cm³/mol. The first-order valence-corrected chi connectivity index (χ1v) is 7.40. The van der Waals surface area contributed by atoms with Crippen LogP contribution in [0.3, 0.4) is 0 Å². The highest BCUT2D eigenvalue weighted by molar-refractivity contribution is 7.09. The van der Waals surface area contributed by atoms with Crippen LogP contribution in [0.4, 0.5) is 0 Å². The number of para-hydroxylation sites is 1. The topological polar surface area (TPSA) is 46.9 Å². The Labute approximate surface area is 120 Å². The standard InChI is InChI=1S/C15H15N3OS/c19-15-13-5-1-2-6-14(13)17-11-18(15)8-7-16-10-12-4-3-9-20-12/h1-6,9,11,16H,7-8,10H2. The maximum absolute atomic E-state index is 12.2. The van der Waals surface area contributed by atoms with Gasteiger partial charge >= 0.3 is 0 Å². The van der Waals surface area contributed by atoms with E-state index in [1.54, 1.807) is 22.2 Å². The SMILES string of the molecule is O=c1c2ccccc2ncn1CCNCc1cccs1. The molecule has 3 rings (SSSR count). The molecule has 1 N–H and O–H groups in total. The molecule has 0 saturated heterocycles. The van der Waals surface area contributed by atoms with E-state index < -0.39 is 0 Å². The molecule has 0 aliphatic heterocycles. The van der Waals surface area contributed by atoms with Gasteiger partial charge in [-0.2, -0.15) is 0 Å². The molecule has 0 saturated carbocycles. The summed E-state index contributed by atoms with van der Waals surface area (Å²) < 4.78 is 1.66. The highest BCUT2D eigenvalue weighted by atomic mass is 32.1. The summed E-state index contributed by atoms with van der Waals surface area (Å²) >= 11 is 1.73. The van der Waals surface area contributed by atoms with E-state index in [2.05, 4.69) is 21.7 Å². The third-order valence-corrected chi connectivity index (χ3v) is 4.02. The largest absolute Gasteiger partial charge is 0.310 e. The zero-order chi connectivity index (χ0) is 13.8. The molecule has 0 unspecified atom stereocenters. The molecule has 0 radical (unpaired) electrons. The predicted octanol–water partition coefficient (Wildman–Crippen LogP) is 2.25. The quantitative estimate of drug-likeness (QED) is 0.731. The summed E-state index contributed by atoms with van der Waals surface area (Å²) in [6, 6.07) is 11.6. The van der Waals surface area contributed by atoms with Crippen LogP contribution in [0.1, 0.15) is 4.88 Å². The average molecular weight is 285 g/mol. The fourth-order valence-corrected chi connectivity index (χ4v) is 2.76. The number of rotatable bonds is 5. The van der Waals surface area contributed by atoms with Gasteiger partial charge in [-0.25, -0.2) is 4.98 Å². The Morgan fingerprint density at radius 1 is 1.20 bits per heavy atom. The van der Waals surface area contributed by atoms with Gasteiger partial charge in [0.2, 0.25) is 0 Å². The third-order valence-electron chi connectivity index (χ3n) is 3.14. The molecule has 0 fully saturated rings. The van der Waals surface area contributed by atoms with Crippen LogP contribution in [0.5, 0.6) is 0 Å². The van der Waals surface area contributed by atoms with Gasteiger partial charge < -0.3 is 5.32 Å². The fraction of sp³-hybridized carbons (Fsp3) is 0.200. The van der Waals surface area contributed by atoms with Gasteiger partial charge in [0.25, 0.3) is 5.56 Å². The molecule has 0 aliphatic carbocycles. The number of nitrogens with zero attached hydrogens (tertiary/aromatic N) is 2. The summed E-state index contributed by atoms with van der Waals surface area (Å²) in [6.07, 6.45) is 1.62. The first kappa shape index (κ1) is 13.0. The number of benzene rings is 1. The number of aromatic nitrogens is 2. The highest BCUT2D eigenvalue weighted by Gasteiger charge is 2.02. The molecule has 4 nitrogen and oxygen atoms in total. The fourth-order valence-electron chi connectivity index (χ4n) is 2.09. The minimum Gasteiger partial charge on any atom is -0.310 e. The van der Waals surface area contributed by atoms with Crippen LogP contribution < -0.4 is 10.9 Å². The maximum atomic E-state index is 12.2. The number of hydrogen-bond donors (Lipinski definition) is 1. The van der Waals surface area contributed by atoms with Gasteiger partial charge in [0.15, 0.2) is 0 Å². The lowest BCUT2D eigenvalue weighted by Gasteiger charge is -2.07. The van der Waals surface area contributed by atoms with Crippen LogP contribution >= 0.6 is 11.3 Å². The van der Waals surface area contributed by atoms with Crippen LogP contribution in [0.15, 0.2) is 52.9 Å². The van der Waals surface area contributed by atoms with Gasteiger partial charge in [0.1, 0.15) is 0 Å². The minimum absolute atomic E-state index is 0.0218. The lowest BCUT2D eigenvalue weighted by atomic mass is 10.2. The summed E-state index contributed by atoms with van der Waals surface area (Å²) in [6.45, 7) is 2.22. The van der Waals surface area contributed by atoms with Crippen molar-refractivity contribution < 1.29 is 0 Å². The summed E-state index contributed by atoms with van der Waals surface area (Å²) in [7, 11) is 0. The maximum Gasteiger partial charge on any atom is 0.261 e. The van der Waals surface area contributed by atoms with Gasteiger partial charge in [-0.15, -0.1) is 11.3 Å². The van der Waals surface area contributed by atoms with Gasteiger partial charge in [-0.1, -0.05) is 18.2 Å². The first-order chi connectivity index (χ1) is 9.84. The van der Waals surface area contributed by atoms with E-state index in [9.17, 15) is 4.79 Å². The molecule has 3 aromatic rings. The number of hydrogen-bond acceptors (Lipinski definition) is 4. The van der Waals surface area contributed by atoms with E-state index >= 15 is 0 Å². The van der Waals surface area contributed by atoms with Crippen molar-refractivity contribution in [2.24, 2.45) is 0 Å². The van der Waals surface area contributed by atoms with Crippen molar-refractivity contribution >= 4 is 22.2 Å². The number of thiophene rings is 1. The molecule has 102 valence electrons. The van der Waals surface area contributed by atoms with Crippen LogP contribution in [0, 0.1) is 0 Å². The Balaban J connectivity index is 1.66. The molecule has 1 aromatic carbocycles. The minimum atomic E-state index is 0.0218. The normalized spacial score (nSPS) is 11.0. The molecule has 0 atom stereocenters. The third kappa shape index (κ3) is 2.79. The Bertz CT molecular complexity index is 749. The van der Waals surface area contributed by atoms with Gasteiger partial charge in [-0.3, -0.25) is 9.36 Å². The Morgan fingerprint density at radius 3 is 2.95 bits per heavy atom. The van der Waals surface area contributed by atoms with E-state index in [1.807, 2.05) is 30.3 Å². The smallest absolute Gasteiger partial charge is 0.261 e. The van der Waals surface area contributed by atoms with E-state index in [4.69, 9.17) is 0 Å². The van der Waals surface area contributed by atoms with E-state index in [1.165, 1.54) is 4.88 Å². The van der Waals surface area contributed by atoms with E-state index in [0.717, 1.165) is 18.6 Å². The molecular formula is C15H15N3OS. The van der Waals surface area contributed by atoms with E-state index in [-0.39, 0.29) is 5.56 Å². The monoisotopic (exact) mass is 285 g/mol. The molecule has 2 heterocycles. The second-order valence-electron chi connectivity index (χ2n) is 4.52. The van der Waals surface area contributed by atoms with Crippen molar-refractivity contribution in [2.45, 2.75) is 13.1 Å². The van der Waals surface area contributed by atoms with E-state index in [0.29, 0.717) is 11.9 Å². The van der Waals surface area contributed by atoms with Gasteiger partial charge in [0.05, 0.1) is 17.2 Å². The molecule has 20 heavy (non-hydrogen) atoms. The van der Waals surface area contributed by atoms with Crippen LogP contribution in [0.2, 0.25) is 0 Å². The molecule has 0 bridgehead atoms. The summed E-state index contributed by atoms with van der Waals surface area (Å²) in [5.41, 5.74) is 0.772. The van der Waals surface area contributed by atoms with Crippen molar-refractivity contribution in [3.05, 3.63) is 63.3 Å². The van der Waals surface area contributed by atoms with Crippen molar-refractivity contribution in [3.8, 4) is 0 Å². The summed E-state index contributed by atoms with van der Waals surface area (Å²) in [5, 5.41) is 6.07. The Morgan fingerprint density at radius 2 is 2.10 bits per heavy atom. The molecule has 0 amide bonds. The second-order valence-corrected chi connectivity index (χ2v) is 5.55. The van der Waals surface area contributed by atoms with Crippen molar-refractivity contribution in [2.75, 3.05) is 6.54 Å². The Hall–Kier alpha value is -1.98. The molecule has 5 heteroatoms. The van der Waals surface area contributed by atoms with Crippen molar-refractivity contribution in [3.63, 3.8) is 0 Å². The summed E-state index contributed by atoms with van der Waals surface area (Å²) in [4.78, 5) is 17.9. The Kier molecular flexibility index (Phi) is 3.90. The number of nitrogens with one attached hydrogen (secondary N) is 1. The number of fused-ring (bicyclic) bond motifs is 1. The van der Waals surface area contributed by atoms with Gasteiger partial charge in [-0.05, 0) is 23.6 Å². The average Bonchev–Trinajstić information content (AvgIpc) is 2.99. The molecule has 0 spiro atoms. The first-order valence-electron chi connectivity index (χ1n) is 6.52. The lowest BCUT2D eigenvalue weighted by molar-refractivity contribution is 0.584. The van der Waals surface area contributed by atoms with Crippen molar-refractivity contribution in [1.82, 2.24) is 14.9 Å². The molecule has 0 aliphatic rings. The summed E-state index contributed by atoms with van der Waals surface area (Å²) in [5.74, 6) is 0. The second kappa shape index (κ2) is 5.98. The zero-order valence-corrected chi connectivity index (χ0v) is 11.8.